The number of hydrogen-bond donors (Lipinski definition) is 1. The monoisotopic (exact) mass is 114 g/mol. The van der Waals surface area contributed by atoms with Crippen molar-refractivity contribution in [2.75, 3.05) is 0 Å². The van der Waals surface area contributed by atoms with Crippen LogP contribution in [0.5, 0.6) is 0 Å². The molecule has 1 aromatic heterocycles. The van der Waals surface area contributed by atoms with Gasteiger partial charge in [-0.15, -0.1) is 0 Å². The van der Waals surface area contributed by atoms with Crippen LogP contribution in [0.2, 0.25) is 0 Å². The van der Waals surface area contributed by atoms with Crippen LogP contribution >= 0.6 is 0 Å². The molecule has 42 valence electrons. The van der Waals surface area contributed by atoms with E-state index in [1.807, 2.05) is 0 Å². The molecule has 0 amide bonds. The van der Waals surface area contributed by atoms with E-state index in [-0.39, 0.29) is 5.76 Å². The first-order chi connectivity index (χ1) is 3.80. The number of hydrogen-bond acceptors (Lipinski definition) is 2. The van der Waals surface area contributed by atoms with Gasteiger partial charge in [-0.05, 0) is 12.1 Å². The molecule has 0 aliphatic heterocycles. The molecule has 1 N–H and O–H groups in total. The fourth-order valence-electron chi connectivity index (χ4n) is 0.400. The Kier molecular flexibility index (Phi) is 1.04. The Bertz CT molecular complexity index is 176. The number of aromatic carboxylic acids is 1. The summed E-state index contributed by atoms with van der Waals surface area (Å²) in [5, 5.41) is 8.18. The van der Waals surface area contributed by atoms with Gasteiger partial charge in [0, 0.05) is 0 Å². The third kappa shape index (κ3) is 0.703. The SMILES string of the molecule is O=[14C](O)c1ccco1. The van der Waals surface area contributed by atoms with E-state index in [9.17, 15) is 4.79 Å². The quantitative estimate of drug-likeness (QED) is 0.592. The molecule has 0 fully saturated rings. The number of carbonyl (C=O) groups is 1. The van der Waals surface area contributed by atoms with Crippen molar-refractivity contribution in [1.82, 2.24) is 0 Å². The van der Waals surface area contributed by atoms with Gasteiger partial charge in [0.15, 0.2) is 0 Å². The van der Waals surface area contributed by atoms with Crippen LogP contribution in [0.3, 0.4) is 0 Å². The smallest absolute Gasteiger partial charge is 0.371 e. The molecule has 0 bridgehead atoms. The predicted molar refractivity (Wildman–Crippen MR) is 25.7 cm³/mol. The molecule has 0 radical (unpaired) electrons. The van der Waals surface area contributed by atoms with Crippen LogP contribution in [-0.2, 0) is 0 Å². The molecule has 3 heteroatoms. The van der Waals surface area contributed by atoms with E-state index in [0.29, 0.717) is 0 Å². The van der Waals surface area contributed by atoms with Crippen molar-refractivity contribution in [2.45, 2.75) is 0 Å². The molecule has 0 aliphatic rings. The lowest BCUT2D eigenvalue weighted by Crippen LogP contribution is -1.90. The van der Waals surface area contributed by atoms with Gasteiger partial charge in [0.25, 0.3) is 0 Å². The fraction of sp³-hybridized carbons (Fsp3) is 0. The largest absolute Gasteiger partial charge is 0.475 e. The van der Waals surface area contributed by atoms with E-state index < -0.39 is 5.97 Å². The summed E-state index contributed by atoms with van der Waals surface area (Å²) in [5.41, 5.74) is 0. The standard InChI is InChI=1S/C5H4O3/c6-5(7)4-2-1-3-8-4/h1-3H,(H,6,7)/i5+2. The average Bonchev–Trinajstić information content (AvgIpc) is 2.12. The number of carboxylic acids is 1. The average molecular weight is 114 g/mol. The summed E-state index contributed by atoms with van der Waals surface area (Å²) >= 11 is 0. The van der Waals surface area contributed by atoms with Crippen molar-refractivity contribution < 1.29 is 14.3 Å². The summed E-state index contributed by atoms with van der Waals surface area (Å²) in [6.07, 6.45) is 1.32. The summed E-state index contributed by atoms with van der Waals surface area (Å²) in [5.74, 6) is -1.06. The number of furan rings is 1. The minimum atomic E-state index is -1.03. The zero-order chi connectivity index (χ0) is 5.98. The molecular weight excluding hydrogens is 110 g/mol. The van der Waals surface area contributed by atoms with Crippen LogP contribution in [0, 0.1) is 0 Å². The predicted octanol–water partition coefficient (Wildman–Crippen LogP) is 0.978. The highest BCUT2D eigenvalue weighted by atomic mass is 16.6. The van der Waals surface area contributed by atoms with Crippen molar-refractivity contribution in [1.29, 1.82) is 0 Å². The molecule has 0 aliphatic carbocycles. The van der Waals surface area contributed by atoms with Crippen LogP contribution in [0.15, 0.2) is 22.8 Å². The Morgan fingerprint density at radius 2 is 2.50 bits per heavy atom. The summed E-state index contributed by atoms with van der Waals surface area (Å²) in [6, 6.07) is 2.92. The molecule has 3 nitrogen and oxygen atoms in total. The van der Waals surface area contributed by atoms with Gasteiger partial charge >= 0.3 is 5.97 Å². The van der Waals surface area contributed by atoms with Crippen molar-refractivity contribution in [2.24, 2.45) is 0 Å². The topological polar surface area (TPSA) is 50.4 Å². The molecule has 1 aromatic rings. The van der Waals surface area contributed by atoms with Gasteiger partial charge in [0.2, 0.25) is 5.76 Å². The van der Waals surface area contributed by atoms with Crippen molar-refractivity contribution >= 4 is 5.97 Å². The van der Waals surface area contributed by atoms with Gasteiger partial charge in [-0.25, -0.2) is 4.79 Å². The van der Waals surface area contributed by atoms with Crippen LogP contribution in [-0.4, -0.2) is 11.1 Å². The molecule has 1 rings (SSSR count). The first-order valence-corrected chi connectivity index (χ1v) is 2.07. The van der Waals surface area contributed by atoms with Crippen LogP contribution < -0.4 is 0 Å². The minimum absolute atomic E-state index is 0.0231. The lowest BCUT2D eigenvalue weighted by atomic mass is 10.6. The highest BCUT2D eigenvalue weighted by Gasteiger charge is 2.01. The number of carboxylic acid groups (broad SMARTS) is 1. The van der Waals surface area contributed by atoms with E-state index in [1.165, 1.54) is 18.4 Å². The van der Waals surface area contributed by atoms with Gasteiger partial charge in [-0.2, -0.15) is 0 Å². The normalized spacial score (nSPS) is 9.00. The molecule has 8 heavy (non-hydrogen) atoms. The summed E-state index contributed by atoms with van der Waals surface area (Å²) in [4.78, 5) is 9.97. The third-order valence-corrected chi connectivity index (χ3v) is 0.732. The molecule has 0 atom stereocenters. The summed E-state index contributed by atoms with van der Waals surface area (Å²) < 4.78 is 4.50. The second kappa shape index (κ2) is 1.69. The Morgan fingerprint density at radius 3 is 2.75 bits per heavy atom. The lowest BCUT2D eigenvalue weighted by molar-refractivity contribution is 0.0662. The van der Waals surface area contributed by atoms with E-state index in [1.54, 1.807) is 0 Å². The van der Waals surface area contributed by atoms with Crippen molar-refractivity contribution in [3.63, 3.8) is 0 Å². The van der Waals surface area contributed by atoms with Crippen LogP contribution in [0.4, 0.5) is 0 Å². The van der Waals surface area contributed by atoms with Crippen molar-refractivity contribution in [3.8, 4) is 0 Å². The minimum Gasteiger partial charge on any atom is -0.475 e. The molecule has 1 heterocycles. The second-order valence-electron chi connectivity index (χ2n) is 1.28. The summed E-state index contributed by atoms with van der Waals surface area (Å²) in [7, 11) is 0. The first kappa shape index (κ1) is 4.90. The maximum atomic E-state index is 9.97. The summed E-state index contributed by atoms with van der Waals surface area (Å²) in [6.45, 7) is 0. The van der Waals surface area contributed by atoms with Crippen LogP contribution in [0.1, 0.15) is 10.6 Å². The Labute approximate surface area is 45.5 Å². The zero-order valence-electron chi connectivity index (χ0n) is 4.00. The van der Waals surface area contributed by atoms with E-state index in [0.717, 1.165) is 0 Å². The fourth-order valence-corrected chi connectivity index (χ4v) is 0.400. The maximum Gasteiger partial charge on any atom is 0.371 e. The van der Waals surface area contributed by atoms with E-state index in [4.69, 9.17) is 5.11 Å². The van der Waals surface area contributed by atoms with Gasteiger partial charge in [0.1, 0.15) is 0 Å². The lowest BCUT2D eigenvalue weighted by Gasteiger charge is -1.79. The van der Waals surface area contributed by atoms with Gasteiger partial charge in [-0.1, -0.05) is 0 Å². The van der Waals surface area contributed by atoms with Crippen molar-refractivity contribution in [3.05, 3.63) is 24.2 Å². The van der Waals surface area contributed by atoms with Crippen LogP contribution in [0.25, 0.3) is 0 Å². The third-order valence-electron chi connectivity index (χ3n) is 0.732. The Balaban J connectivity index is 2.93. The second-order valence-corrected chi connectivity index (χ2v) is 1.28. The molecule has 0 saturated heterocycles. The van der Waals surface area contributed by atoms with Gasteiger partial charge < -0.3 is 9.52 Å². The highest BCUT2D eigenvalue weighted by molar-refractivity contribution is 5.84. The Hall–Kier alpha value is -1.25. The van der Waals surface area contributed by atoms with Gasteiger partial charge in [0.05, 0.1) is 6.26 Å². The molecule has 0 unspecified atom stereocenters. The van der Waals surface area contributed by atoms with E-state index in [2.05, 4.69) is 4.42 Å². The number of rotatable bonds is 1. The zero-order valence-corrected chi connectivity index (χ0v) is 4.00. The molecule has 0 spiro atoms. The highest BCUT2D eigenvalue weighted by Crippen LogP contribution is 1.97. The molecule has 0 saturated carbocycles. The maximum absolute atomic E-state index is 9.97. The first-order valence-electron chi connectivity index (χ1n) is 2.07. The molecule has 0 aromatic carbocycles. The molecular formula is C5H4O3. The Morgan fingerprint density at radius 1 is 1.75 bits per heavy atom. The van der Waals surface area contributed by atoms with Gasteiger partial charge in [-0.3, -0.25) is 0 Å². The van der Waals surface area contributed by atoms with E-state index >= 15 is 0 Å².